The van der Waals surface area contributed by atoms with Crippen LogP contribution in [0, 0.1) is 13.8 Å². The van der Waals surface area contributed by atoms with Gasteiger partial charge in [-0.15, -0.1) is 11.8 Å². The molecule has 8 heteroatoms. The van der Waals surface area contributed by atoms with Crippen molar-refractivity contribution in [3.8, 4) is 5.75 Å². The molecule has 0 radical (unpaired) electrons. The highest BCUT2D eigenvalue weighted by Gasteiger charge is 2.25. The van der Waals surface area contributed by atoms with E-state index < -0.39 is 16.0 Å². The third-order valence-electron chi connectivity index (χ3n) is 3.11. The van der Waals surface area contributed by atoms with E-state index in [-0.39, 0.29) is 17.2 Å². The van der Waals surface area contributed by atoms with Crippen molar-refractivity contribution in [1.82, 2.24) is 4.31 Å². The van der Waals surface area contributed by atoms with Gasteiger partial charge in [0.25, 0.3) is 0 Å². The maximum absolute atomic E-state index is 12.7. The lowest BCUT2D eigenvalue weighted by Crippen LogP contribution is -2.30. The number of ether oxygens (including phenoxy) is 1. The Morgan fingerprint density at radius 2 is 1.86 bits per heavy atom. The lowest BCUT2D eigenvalue weighted by Gasteiger charge is -2.20. The van der Waals surface area contributed by atoms with Gasteiger partial charge in [0.05, 0.1) is 17.8 Å². The summed E-state index contributed by atoms with van der Waals surface area (Å²) in [7, 11) is -0.573. The fourth-order valence-electron chi connectivity index (χ4n) is 2.06. The smallest absolute Gasteiger partial charge is 0.313 e. The van der Waals surface area contributed by atoms with Gasteiger partial charge in [0.15, 0.2) is 0 Å². The molecule has 0 saturated heterocycles. The molecule has 0 bridgehead atoms. The summed E-state index contributed by atoms with van der Waals surface area (Å²) < 4.78 is 31.7. The van der Waals surface area contributed by atoms with E-state index in [0.717, 1.165) is 0 Å². The Bertz CT molecular complexity index is 620. The van der Waals surface area contributed by atoms with Crippen LogP contribution in [0.25, 0.3) is 0 Å². The molecule has 0 spiro atoms. The van der Waals surface area contributed by atoms with Crippen LogP contribution in [-0.4, -0.2) is 56.0 Å². The minimum Gasteiger partial charge on any atom is -0.497 e. The molecule has 0 aliphatic carbocycles. The van der Waals surface area contributed by atoms with Crippen molar-refractivity contribution >= 4 is 27.8 Å². The van der Waals surface area contributed by atoms with Gasteiger partial charge in [-0.25, -0.2) is 12.7 Å². The van der Waals surface area contributed by atoms with E-state index in [1.165, 1.54) is 30.2 Å². The van der Waals surface area contributed by atoms with Crippen LogP contribution in [-0.2, 0) is 14.8 Å². The van der Waals surface area contributed by atoms with E-state index in [1.54, 1.807) is 26.0 Å². The van der Waals surface area contributed by atoms with E-state index in [1.807, 2.05) is 0 Å². The average Bonchev–Trinajstić information content (AvgIpc) is 2.41. The molecule has 0 unspecified atom stereocenters. The number of hydrogen-bond acceptors (Lipinski definition) is 5. The summed E-state index contributed by atoms with van der Waals surface area (Å²) in [4.78, 5) is 10.7. The number of methoxy groups -OCH3 is 1. The summed E-state index contributed by atoms with van der Waals surface area (Å²) in [6.45, 7) is 3.72. The number of carboxylic acids is 1. The Morgan fingerprint density at radius 1 is 1.32 bits per heavy atom. The Morgan fingerprint density at radius 3 is 2.32 bits per heavy atom. The van der Waals surface area contributed by atoms with Crippen LogP contribution >= 0.6 is 11.8 Å². The first-order chi connectivity index (χ1) is 10.2. The van der Waals surface area contributed by atoms with Crippen LogP contribution < -0.4 is 4.74 Å². The monoisotopic (exact) mass is 347 g/mol. The quantitative estimate of drug-likeness (QED) is 0.721. The molecule has 1 rings (SSSR count). The molecule has 0 saturated carbocycles. The van der Waals surface area contributed by atoms with Crippen LogP contribution in [0.1, 0.15) is 11.1 Å². The fourth-order valence-corrected chi connectivity index (χ4v) is 4.48. The van der Waals surface area contributed by atoms with E-state index in [4.69, 9.17) is 9.84 Å². The van der Waals surface area contributed by atoms with Crippen LogP contribution in [0.4, 0.5) is 0 Å². The van der Waals surface area contributed by atoms with Crippen LogP contribution in [0.2, 0.25) is 0 Å². The number of rotatable bonds is 8. The van der Waals surface area contributed by atoms with Gasteiger partial charge in [-0.05, 0) is 37.1 Å². The molecule has 124 valence electrons. The molecule has 0 heterocycles. The molecular weight excluding hydrogens is 326 g/mol. The van der Waals surface area contributed by atoms with E-state index >= 15 is 0 Å². The maximum Gasteiger partial charge on any atom is 0.313 e. The molecular formula is C14H21NO5S2. The Labute approximate surface area is 135 Å². The minimum absolute atomic E-state index is 0.0333. The van der Waals surface area contributed by atoms with Crippen molar-refractivity contribution in [2.75, 3.05) is 32.2 Å². The lowest BCUT2D eigenvalue weighted by atomic mass is 10.1. The molecule has 1 aromatic rings. The molecule has 1 aromatic carbocycles. The number of carbonyl (C=O) groups is 1. The van der Waals surface area contributed by atoms with E-state index in [2.05, 4.69) is 0 Å². The molecule has 1 N–H and O–H groups in total. The molecule has 0 amide bonds. The summed E-state index contributed by atoms with van der Waals surface area (Å²) >= 11 is 1.19. The molecule has 0 aliphatic rings. The second kappa shape index (κ2) is 7.85. The second-order valence-corrected chi connectivity index (χ2v) is 7.95. The van der Waals surface area contributed by atoms with Gasteiger partial charge in [0, 0.05) is 19.3 Å². The molecule has 0 atom stereocenters. The van der Waals surface area contributed by atoms with Crippen LogP contribution in [0.5, 0.6) is 5.75 Å². The average molecular weight is 347 g/mol. The lowest BCUT2D eigenvalue weighted by molar-refractivity contribution is -0.133. The van der Waals surface area contributed by atoms with Gasteiger partial charge < -0.3 is 9.84 Å². The molecule has 6 nitrogen and oxygen atoms in total. The van der Waals surface area contributed by atoms with Crippen molar-refractivity contribution in [3.05, 3.63) is 23.3 Å². The van der Waals surface area contributed by atoms with Crippen molar-refractivity contribution in [3.63, 3.8) is 0 Å². The van der Waals surface area contributed by atoms with E-state index in [0.29, 0.717) is 22.6 Å². The van der Waals surface area contributed by atoms with Crippen LogP contribution in [0.3, 0.4) is 0 Å². The normalized spacial score (nSPS) is 11.7. The highest BCUT2D eigenvalue weighted by atomic mass is 32.2. The van der Waals surface area contributed by atoms with Crippen molar-refractivity contribution in [1.29, 1.82) is 0 Å². The van der Waals surface area contributed by atoms with Gasteiger partial charge in [-0.3, -0.25) is 4.79 Å². The number of thioether (sulfide) groups is 1. The summed E-state index contributed by atoms with van der Waals surface area (Å²) in [5.74, 6) is 0.107. The van der Waals surface area contributed by atoms with E-state index in [9.17, 15) is 13.2 Å². The predicted octanol–water partition coefficient (Wildman–Crippen LogP) is 1.75. The molecule has 0 aromatic heterocycles. The van der Waals surface area contributed by atoms with Gasteiger partial charge in [-0.2, -0.15) is 0 Å². The Hall–Kier alpha value is -1.25. The van der Waals surface area contributed by atoms with Gasteiger partial charge >= 0.3 is 5.97 Å². The molecule has 22 heavy (non-hydrogen) atoms. The van der Waals surface area contributed by atoms with Gasteiger partial charge in [0.2, 0.25) is 10.0 Å². The van der Waals surface area contributed by atoms with Gasteiger partial charge in [-0.1, -0.05) is 0 Å². The number of aliphatic carboxylic acids is 1. The number of nitrogens with zero attached hydrogens (tertiary/aromatic N) is 1. The highest BCUT2D eigenvalue weighted by molar-refractivity contribution is 8.00. The standard InChI is InChI=1S/C14H21NO5S2/c1-10-7-12(20-4)8-11(2)14(10)22(18,19)15(3)5-6-21-9-13(16)17/h7-8H,5-6,9H2,1-4H3,(H,16,17). The van der Waals surface area contributed by atoms with Crippen molar-refractivity contribution < 1.29 is 23.1 Å². The Balaban J connectivity index is 2.92. The third-order valence-corrected chi connectivity index (χ3v) is 6.20. The zero-order valence-electron chi connectivity index (χ0n) is 13.1. The third kappa shape index (κ3) is 4.62. The minimum atomic E-state index is -3.61. The summed E-state index contributed by atoms with van der Waals surface area (Å²) in [5.41, 5.74) is 1.25. The first kappa shape index (κ1) is 18.8. The second-order valence-electron chi connectivity index (χ2n) is 4.86. The zero-order chi connectivity index (χ0) is 16.9. The Kier molecular flexibility index (Phi) is 6.70. The number of benzene rings is 1. The molecule has 0 fully saturated rings. The first-order valence-corrected chi connectivity index (χ1v) is 9.20. The number of aryl methyl sites for hydroxylation is 2. The number of hydrogen-bond donors (Lipinski definition) is 1. The first-order valence-electron chi connectivity index (χ1n) is 6.61. The zero-order valence-corrected chi connectivity index (χ0v) is 14.8. The van der Waals surface area contributed by atoms with Crippen LogP contribution in [0.15, 0.2) is 17.0 Å². The SMILES string of the molecule is COc1cc(C)c(S(=O)(=O)N(C)CCSCC(=O)O)c(C)c1. The largest absolute Gasteiger partial charge is 0.497 e. The molecule has 0 aliphatic heterocycles. The van der Waals surface area contributed by atoms with Crippen molar-refractivity contribution in [2.24, 2.45) is 0 Å². The van der Waals surface area contributed by atoms with Gasteiger partial charge in [0.1, 0.15) is 5.75 Å². The summed E-state index contributed by atoms with van der Waals surface area (Å²) in [6, 6.07) is 3.37. The highest BCUT2D eigenvalue weighted by Crippen LogP contribution is 2.27. The fraction of sp³-hybridized carbons (Fsp3) is 0.500. The topological polar surface area (TPSA) is 83.9 Å². The number of carboxylic acid groups (broad SMARTS) is 1. The maximum atomic E-state index is 12.7. The number of sulfonamides is 1. The summed E-state index contributed by atoms with van der Waals surface area (Å²) in [6.07, 6.45) is 0. The summed E-state index contributed by atoms with van der Waals surface area (Å²) in [5, 5.41) is 8.57. The predicted molar refractivity (Wildman–Crippen MR) is 87.2 cm³/mol. The van der Waals surface area contributed by atoms with Crippen molar-refractivity contribution in [2.45, 2.75) is 18.7 Å².